The number of methoxy groups -OCH3 is 1. The predicted molar refractivity (Wildman–Crippen MR) is 113 cm³/mol. The lowest BCUT2D eigenvalue weighted by atomic mass is 9.97. The quantitative estimate of drug-likeness (QED) is 0.686. The van der Waals surface area contributed by atoms with Gasteiger partial charge in [-0.3, -0.25) is 4.79 Å². The molecule has 7 heteroatoms. The summed E-state index contributed by atoms with van der Waals surface area (Å²) in [7, 11) is 1.48. The van der Waals surface area contributed by atoms with E-state index in [2.05, 4.69) is 19.2 Å². The van der Waals surface area contributed by atoms with Crippen molar-refractivity contribution in [2.75, 3.05) is 25.6 Å². The number of carbonyl (C=O) groups excluding carboxylic acids is 2. The SMILES string of the molecule is CC[C@H](C)c1ccccc1NC(=O)[C@H](C)OC(=O)c1cc(OC)c2c(c1)OCCO2. The molecule has 0 saturated carbocycles. The molecule has 2 atom stereocenters. The first kappa shape index (κ1) is 21.5. The highest BCUT2D eigenvalue weighted by Gasteiger charge is 2.25. The summed E-state index contributed by atoms with van der Waals surface area (Å²) < 4.78 is 21.8. The number of rotatable bonds is 7. The van der Waals surface area contributed by atoms with Crippen LogP contribution in [0.5, 0.6) is 17.2 Å². The molecule has 1 aliphatic heterocycles. The third-order valence-corrected chi connectivity index (χ3v) is 5.08. The number of hydrogen-bond acceptors (Lipinski definition) is 6. The molecule has 2 aromatic rings. The number of esters is 1. The van der Waals surface area contributed by atoms with Gasteiger partial charge in [-0.05, 0) is 43.0 Å². The molecule has 30 heavy (non-hydrogen) atoms. The fraction of sp³-hybridized carbons (Fsp3) is 0.391. The van der Waals surface area contributed by atoms with Crippen LogP contribution in [0.4, 0.5) is 5.69 Å². The van der Waals surface area contributed by atoms with E-state index in [1.807, 2.05) is 24.3 Å². The molecule has 0 aliphatic carbocycles. The van der Waals surface area contributed by atoms with Gasteiger partial charge in [-0.1, -0.05) is 32.0 Å². The number of hydrogen-bond donors (Lipinski definition) is 1. The Balaban J connectivity index is 1.71. The average molecular weight is 413 g/mol. The first-order valence-corrected chi connectivity index (χ1v) is 10.0. The van der Waals surface area contributed by atoms with Gasteiger partial charge in [0.05, 0.1) is 12.7 Å². The Hall–Kier alpha value is -3.22. The molecule has 7 nitrogen and oxygen atoms in total. The van der Waals surface area contributed by atoms with Crippen molar-refractivity contribution in [3.63, 3.8) is 0 Å². The molecule has 1 N–H and O–H groups in total. The highest BCUT2D eigenvalue weighted by atomic mass is 16.6. The van der Waals surface area contributed by atoms with Crippen molar-refractivity contribution >= 4 is 17.6 Å². The molecule has 3 rings (SSSR count). The third-order valence-electron chi connectivity index (χ3n) is 5.08. The zero-order chi connectivity index (χ0) is 21.7. The first-order chi connectivity index (χ1) is 14.4. The van der Waals surface area contributed by atoms with E-state index in [1.165, 1.54) is 26.2 Å². The molecule has 0 unspecified atom stereocenters. The zero-order valence-corrected chi connectivity index (χ0v) is 17.7. The van der Waals surface area contributed by atoms with E-state index >= 15 is 0 Å². The summed E-state index contributed by atoms with van der Waals surface area (Å²) in [6, 6.07) is 10.7. The van der Waals surface area contributed by atoms with E-state index in [1.54, 1.807) is 0 Å². The lowest BCUT2D eigenvalue weighted by molar-refractivity contribution is -0.123. The molecule has 2 aromatic carbocycles. The second kappa shape index (κ2) is 9.52. The molecular weight excluding hydrogens is 386 g/mol. The molecular formula is C23H27NO6. The summed E-state index contributed by atoms with van der Waals surface area (Å²) in [5.74, 6) is 0.481. The molecule has 160 valence electrons. The molecule has 1 heterocycles. The van der Waals surface area contributed by atoms with Gasteiger partial charge in [0.2, 0.25) is 5.75 Å². The van der Waals surface area contributed by atoms with Gasteiger partial charge < -0.3 is 24.3 Å². The summed E-state index contributed by atoms with van der Waals surface area (Å²) in [5.41, 5.74) is 1.99. The van der Waals surface area contributed by atoms with Crippen LogP contribution in [0.1, 0.15) is 49.0 Å². The molecule has 1 aliphatic rings. The van der Waals surface area contributed by atoms with Gasteiger partial charge in [0, 0.05) is 5.69 Å². The van der Waals surface area contributed by atoms with E-state index in [4.69, 9.17) is 18.9 Å². The number of ether oxygens (including phenoxy) is 4. The van der Waals surface area contributed by atoms with Gasteiger partial charge in [0.25, 0.3) is 5.91 Å². The van der Waals surface area contributed by atoms with Crippen LogP contribution >= 0.6 is 0 Å². The van der Waals surface area contributed by atoms with Gasteiger partial charge in [0.15, 0.2) is 17.6 Å². The molecule has 0 aromatic heterocycles. The van der Waals surface area contributed by atoms with Gasteiger partial charge in [-0.2, -0.15) is 0 Å². The average Bonchev–Trinajstić information content (AvgIpc) is 2.77. The topological polar surface area (TPSA) is 83.1 Å². The molecule has 0 spiro atoms. The van der Waals surface area contributed by atoms with E-state index in [0.29, 0.717) is 36.4 Å². The van der Waals surface area contributed by atoms with Crippen molar-refractivity contribution in [3.05, 3.63) is 47.5 Å². The van der Waals surface area contributed by atoms with Crippen LogP contribution in [-0.4, -0.2) is 38.3 Å². The van der Waals surface area contributed by atoms with Gasteiger partial charge >= 0.3 is 5.97 Å². The summed E-state index contributed by atoms with van der Waals surface area (Å²) in [4.78, 5) is 25.3. The van der Waals surface area contributed by atoms with Crippen molar-refractivity contribution in [1.29, 1.82) is 0 Å². The molecule has 0 saturated heterocycles. The van der Waals surface area contributed by atoms with Crippen LogP contribution in [0.2, 0.25) is 0 Å². The number of nitrogens with one attached hydrogen (secondary N) is 1. The molecule has 0 bridgehead atoms. The van der Waals surface area contributed by atoms with Crippen molar-refractivity contribution in [1.82, 2.24) is 0 Å². The Kier molecular flexibility index (Phi) is 6.82. The normalized spacial score (nSPS) is 14.4. The van der Waals surface area contributed by atoms with Crippen molar-refractivity contribution in [3.8, 4) is 17.2 Å². The Bertz CT molecular complexity index is 909. The highest BCUT2D eigenvalue weighted by molar-refractivity contribution is 5.98. The number of fused-ring (bicyclic) bond motifs is 1. The lowest BCUT2D eigenvalue weighted by Gasteiger charge is -2.21. The maximum absolute atomic E-state index is 12.6. The summed E-state index contributed by atoms with van der Waals surface area (Å²) in [6.45, 7) is 6.51. The molecule has 1 amide bonds. The minimum atomic E-state index is -0.985. The van der Waals surface area contributed by atoms with E-state index < -0.39 is 18.0 Å². The van der Waals surface area contributed by atoms with Gasteiger partial charge in [-0.25, -0.2) is 4.79 Å². The fourth-order valence-corrected chi connectivity index (χ4v) is 3.17. The second-order valence-corrected chi connectivity index (χ2v) is 7.14. The predicted octanol–water partition coefficient (Wildman–Crippen LogP) is 4.16. The van der Waals surface area contributed by atoms with Crippen molar-refractivity contribution in [2.24, 2.45) is 0 Å². The monoisotopic (exact) mass is 413 g/mol. The van der Waals surface area contributed by atoms with Crippen LogP contribution in [0.3, 0.4) is 0 Å². The highest BCUT2D eigenvalue weighted by Crippen LogP contribution is 2.40. The second-order valence-electron chi connectivity index (χ2n) is 7.14. The Morgan fingerprint density at radius 3 is 2.60 bits per heavy atom. The number of benzene rings is 2. The zero-order valence-electron chi connectivity index (χ0n) is 17.7. The summed E-state index contributed by atoms with van der Waals surface area (Å²) in [5, 5.41) is 2.87. The number of amides is 1. The van der Waals surface area contributed by atoms with Crippen LogP contribution in [0.15, 0.2) is 36.4 Å². The molecule has 0 radical (unpaired) electrons. The van der Waals surface area contributed by atoms with Crippen LogP contribution in [-0.2, 0) is 9.53 Å². The maximum Gasteiger partial charge on any atom is 0.339 e. The number of carbonyl (C=O) groups is 2. The van der Waals surface area contributed by atoms with Gasteiger partial charge in [0.1, 0.15) is 13.2 Å². The van der Waals surface area contributed by atoms with E-state index in [0.717, 1.165) is 17.7 Å². The number of anilines is 1. The first-order valence-electron chi connectivity index (χ1n) is 10.0. The van der Waals surface area contributed by atoms with Crippen LogP contribution < -0.4 is 19.5 Å². The van der Waals surface area contributed by atoms with Crippen molar-refractivity contribution in [2.45, 2.75) is 39.2 Å². The minimum absolute atomic E-state index is 0.218. The van der Waals surface area contributed by atoms with E-state index in [9.17, 15) is 9.59 Å². The van der Waals surface area contributed by atoms with Crippen LogP contribution in [0.25, 0.3) is 0 Å². The summed E-state index contributed by atoms with van der Waals surface area (Å²) >= 11 is 0. The lowest BCUT2D eigenvalue weighted by Crippen LogP contribution is -2.30. The standard InChI is InChI=1S/C23H27NO6/c1-5-14(2)17-8-6-7-9-18(17)24-22(25)15(3)30-23(26)16-12-19(27-4)21-20(13-16)28-10-11-29-21/h6-9,12-15H,5,10-11H2,1-4H3,(H,24,25)/t14-,15-/m0/s1. The smallest absolute Gasteiger partial charge is 0.339 e. The largest absolute Gasteiger partial charge is 0.493 e. The number of para-hydroxylation sites is 1. The fourth-order valence-electron chi connectivity index (χ4n) is 3.17. The maximum atomic E-state index is 12.6. The Labute approximate surface area is 176 Å². The van der Waals surface area contributed by atoms with Crippen molar-refractivity contribution < 1.29 is 28.5 Å². The summed E-state index contributed by atoms with van der Waals surface area (Å²) in [6.07, 6.45) is -0.0368. The minimum Gasteiger partial charge on any atom is -0.493 e. The van der Waals surface area contributed by atoms with Gasteiger partial charge in [-0.15, -0.1) is 0 Å². The molecule has 0 fully saturated rings. The Morgan fingerprint density at radius 2 is 1.87 bits per heavy atom. The Morgan fingerprint density at radius 1 is 1.13 bits per heavy atom. The third kappa shape index (κ3) is 4.67. The van der Waals surface area contributed by atoms with Crippen LogP contribution in [0, 0.1) is 0 Å². The van der Waals surface area contributed by atoms with E-state index in [-0.39, 0.29) is 5.56 Å².